The zero-order chi connectivity index (χ0) is 76.6. The van der Waals surface area contributed by atoms with Crippen LogP contribution in [-0.2, 0) is 0 Å². The number of fused-ring (bicyclic) bond motifs is 12. The van der Waals surface area contributed by atoms with Gasteiger partial charge in [-0.25, -0.2) is 0 Å². The summed E-state index contributed by atoms with van der Waals surface area (Å²) in [6.45, 7) is 0. The van der Waals surface area contributed by atoms with Gasteiger partial charge in [-0.3, -0.25) is 0 Å². The zero-order valence-electron chi connectivity index (χ0n) is 63.3. The predicted molar refractivity (Wildman–Crippen MR) is 489 cm³/mol. The van der Waals surface area contributed by atoms with Crippen molar-refractivity contribution < 1.29 is 8.83 Å². The van der Waals surface area contributed by atoms with Gasteiger partial charge < -0.3 is 18.6 Å². The van der Waals surface area contributed by atoms with Crippen LogP contribution in [0.4, 0.5) is 34.1 Å². The number of benzene rings is 20. The molecule has 0 unspecified atom stereocenters. The largest absolute Gasteiger partial charge is 0.455 e. The number of hydrogen-bond acceptors (Lipinski definition) is 4. The Kier molecular flexibility index (Phi) is 16.6. The fourth-order valence-electron chi connectivity index (χ4n) is 18.0. The maximum Gasteiger partial charge on any atom is 0.143 e. The van der Waals surface area contributed by atoms with E-state index in [4.69, 9.17) is 8.83 Å². The summed E-state index contributed by atoms with van der Waals surface area (Å²) in [6, 6.07) is 159. The van der Waals surface area contributed by atoms with E-state index >= 15 is 0 Å². The Morgan fingerprint density at radius 3 is 1.05 bits per heavy atom. The molecule has 0 radical (unpaired) electrons. The number of rotatable bonds is 15. The Morgan fingerprint density at radius 2 is 0.474 bits per heavy atom. The fourth-order valence-corrected chi connectivity index (χ4v) is 18.0. The van der Waals surface area contributed by atoms with Gasteiger partial charge in [0.1, 0.15) is 22.3 Å². The van der Waals surface area contributed by atoms with Crippen molar-refractivity contribution in [2.24, 2.45) is 0 Å². The molecule has 0 saturated heterocycles. The Labute approximate surface area is 672 Å². The van der Waals surface area contributed by atoms with Crippen LogP contribution in [0.5, 0.6) is 0 Å². The summed E-state index contributed by atoms with van der Waals surface area (Å²) < 4.78 is 14.0. The Balaban J connectivity index is 0.607. The summed E-state index contributed by atoms with van der Waals surface area (Å²) in [7, 11) is 0. The summed E-state index contributed by atoms with van der Waals surface area (Å²) in [6.07, 6.45) is 0. The van der Waals surface area contributed by atoms with Crippen LogP contribution in [-0.4, -0.2) is 0 Å². The highest BCUT2D eigenvalue weighted by Crippen LogP contribution is 2.52. The van der Waals surface area contributed by atoms with Gasteiger partial charge >= 0.3 is 0 Å². The molecule has 2 heterocycles. The van der Waals surface area contributed by atoms with Crippen LogP contribution in [0.25, 0.3) is 187 Å². The third kappa shape index (κ3) is 11.7. The van der Waals surface area contributed by atoms with Gasteiger partial charge in [0.15, 0.2) is 0 Å². The van der Waals surface area contributed by atoms with Gasteiger partial charge in [-0.1, -0.05) is 358 Å². The highest BCUT2D eigenvalue weighted by atomic mass is 16.3. The molecule has 4 heteroatoms. The van der Waals surface area contributed by atoms with Crippen molar-refractivity contribution in [2.45, 2.75) is 0 Å². The smallest absolute Gasteiger partial charge is 0.143 e. The van der Waals surface area contributed by atoms with Crippen LogP contribution in [0.15, 0.2) is 446 Å². The SMILES string of the molecule is c1ccc(-c2ccc(N(c3ccc(-c4cccc5c4ccc4ccccc45)cc3)c3ccccc3-c3cccc4c3oc3cc(-c5ccc6c(ccc7c(-c8ccc(N(c9ccccc9-c9ccccc9-c9ccccc9-c9ccccc9)c9ccccc9-c9cccc%10c9oc9ccccc9%10)cc8)cccc76)c5)ccc34)cc2)cc1. The molecule has 22 aromatic rings. The molecule has 0 spiro atoms. The van der Waals surface area contributed by atoms with Crippen molar-refractivity contribution in [3.05, 3.63) is 437 Å². The van der Waals surface area contributed by atoms with Crippen LogP contribution in [0, 0.1) is 0 Å². The van der Waals surface area contributed by atoms with Gasteiger partial charge in [-0.2, -0.15) is 0 Å². The summed E-state index contributed by atoms with van der Waals surface area (Å²) >= 11 is 0. The first-order chi connectivity index (χ1) is 57.5. The highest BCUT2D eigenvalue weighted by Gasteiger charge is 2.27. The van der Waals surface area contributed by atoms with E-state index < -0.39 is 0 Å². The molecule has 116 heavy (non-hydrogen) atoms. The second kappa shape index (κ2) is 28.4. The molecule has 20 aromatic carbocycles. The lowest BCUT2D eigenvalue weighted by molar-refractivity contribution is 0.669. The predicted octanol–water partition coefficient (Wildman–Crippen LogP) is 32.0. The van der Waals surface area contributed by atoms with Crippen molar-refractivity contribution in [2.75, 3.05) is 9.80 Å². The minimum Gasteiger partial charge on any atom is -0.455 e. The van der Waals surface area contributed by atoms with Crippen LogP contribution < -0.4 is 9.80 Å². The van der Waals surface area contributed by atoms with E-state index in [9.17, 15) is 0 Å². The fraction of sp³-hybridized carbons (Fsp3) is 0. The second-order valence-corrected chi connectivity index (χ2v) is 30.1. The maximum atomic E-state index is 7.19. The average Bonchev–Trinajstić information content (AvgIpc) is 1.50. The third-order valence-electron chi connectivity index (χ3n) is 23.5. The molecule has 0 amide bonds. The van der Waals surface area contributed by atoms with Crippen molar-refractivity contribution in [3.8, 4) is 100 Å². The number of anilines is 6. The molecule has 2 aromatic heterocycles. The van der Waals surface area contributed by atoms with Crippen molar-refractivity contribution in [1.82, 2.24) is 0 Å². The van der Waals surface area contributed by atoms with Crippen molar-refractivity contribution >= 4 is 121 Å². The normalized spacial score (nSPS) is 11.6. The number of furan rings is 2. The Bertz CT molecular complexity index is 7570. The molecule has 0 fully saturated rings. The number of hydrogen-bond donors (Lipinski definition) is 0. The van der Waals surface area contributed by atoms with E-state index in [1.807, 2.05) is 6.07 Å². The average molecular weight is 1480 g/mol. The topological polar surface area (TPSA) is 32.8 Å². The lowest BCUT2D eigenvalue weighted by Gasteiger charge is -2.30. The maximum absolute atomic E-state index is 7.19. The van der Waals surface area contributed by atoms with Crippen LogP contribution >= 0.6 is 0 Å². The van der Waals surface area contributed by atoms with E-state index in [1.165, 1.54) is 70.9 Å². The van der Waals surface area contributed by atoms with Crippen LogP contribution in [0.3, 0.4) is 0 Å². The number of nitrogens with zero attached hydrogens (tertiary/aromatic N) is 2. The molecule has 0 aliphatic heterocycles. The van der Waals surface area contributed by atoms with E-state index in [-0.39, 0.29) is 0 Å². The van der Waals surface area contributed by atoms with Gasteiger partial charge in [-0.15, -0.1) is 0 Å². The van der Waals surface area contributed by atoms with Gasteiger partial charge in [0.2, 0.25) is 0 Å². The van der Waals surface area contributed by atoms with Crippen LogP contribution in [0.1, 0.15) is 0 Å². The molecule has 4 nitrogen and oxygen atoms in total. The van der Waals surface area contributed by atoms with E-state index in [1.54, 1.807) is 0 Å². The zero-order valence-corrected chi connectivity index (χ0v) is 63.3. The summed E-state index contributed by atoms with van der Waals surface area (Å²) in [4.78, 5) is 4.84. The monoisotopic (exact) mass is 1480 g/mol. The first-order valence-electron chi connectivity index (χ1n) is 39.8. The van der Waals surface area contributed by atoms with Gasteiger partial charge in [-0.05, 0) is 194 Å². The molecular formula is C112H72N2O2. The van der Waals surface area contributed by atoms with Crippen molar-refractivity contribution in [3.63, 3.8) is 0 Å². The van der Waals surface area contributed by atoms with Crippen LogP contribution in [0.2, 0.25) is 0 Å². The lowest BCUT2D eigenvalue weighted by Crippen LogP contribution is -2.12. The van der Waals surface area contributed by atoms with E-state index in [0.29, 0.717) is 0 Å². The molecule has 22 rings (SSSR count). The summed E-state index contributed by atoms with van der Waals surface area (Å²) in [5, 5.41) is 14.1. The molecule has 0 saturated carbocycles. The third-order valence-corrected chi connectivity index (χ3v) is 23.5. The first-order valence-corrected chi connectivity index (χ1v) is 39.8. The number of para-hydroxylation sites is 6. The molecule has 0 aliphatic rings. The molecular weight excluding hydrogens is 1410 g/mol. The Hall–Kier alpha value is -15.4. The van der Waals surface area contributed by atoms with E-state index in [2.05, 4.69) is 441 Å². The minimum atomic E-state index is 0.838. The minimum absolute atomic E-state index is 0.838. The summed E-state index contributed by atoms with van der Waals surface area (Å²) in [5.41, 5.74) is 29.9. The summed E-state index contributed by atoms with van der Waals surface area (Å²) in [5.74, 6) is 0. The molecule has 542 valence electrons. The molecule has 0 atom stereocenters. The van der Waals surface area contributed by atoms with Crippen molar-refractivity contribution in [1.29, 1.82) is 0 Å². The lowest BCUT2D eigenvalue weighted by atomic mass is 9.88. The highest BCUT2D eigenvalue weighted by molar-refractivity contribution is 6.17. The Morgan fingerprint density at radius 1 is 0.147 bits per heavy atom. The standard InChI is InChI=1S/C112H72N2O2/c1-3-25-73(26-4-1)74-51-61-82(62-52-74)113(83-63-53-77(54-64-83)87-39-21-41-91-86-30-8-7-29-76(86)57-68-95(87)91)106-47-17-14-36-98(106)102-43-24-46-105-101-70-59-80(72-110(101)116-112(102)105)79-58-67-89-81(71-79)60-69-96-88(40-22-42-92(89)96)78-55-65-84(66-56-78)114(108-49-19-15-37-99(108)103-44-23-45-104-100-38-16-20-50-109(100)115-111(103)104)107-48-18-13-35-97(107)94-34-12-11-33-93(94)90-32-10-9-31-85(90)75-27-5-2-6-28-75/h1-72H. The van der Waals surface area contributed by atoms with Gasteiger partial charge in [0.05, 0.1) is 17.1 Å². The molecule has 0 aliphatic carbocycles. The van der Waals surface area contributed by atoms with Gasteiger partial charge in [0, 0.05) is 66.4 Å². The quantitative estimate of drug-likeness (QED) is 0.0958. The molecule has 0 N–H and O–H groups in total. The van der Waals surface area contributed by atoms with Gasteiger partial charge in [0.25, 0.3) is 0 Å². The molecule has 0 bridgehead atoms. The first kappa shape index (κ1) is 67.5. The second-order valence-electron chi connectivity index (χ2n) is 30.1. The van der Waals surface area contributed by atoms with E-state index in [0.717, 1.165) is 150 Å².